The summed E-state index contributed by atoms with van der Waals surface area (Å²) in [5, 5.41) is 0. The van der Waals surface area contributed by atoms with Gasteiger partial charge in [0.1, 0.15) is 0 Å². The van der Waals surface area contributed by atoms with Crippen molar-refractivity contribution in [2.24, 2.45) is 0 Å². The van der Waals surface area contributed by atoms with Crippen molar-refractivity contribution in [2.45, 2.75) is 44.1 Å². The summed E-state index contributed by atoms with van der Waals surface area (Å²) in [5.74, 6) is 0. The van der Waals surface area contributed by atoms with Crippen LogP contribution >= 0.6 is 35.3 Å². The molecule has 1 fully saturated rings. The fourth-order valence-corrected chi connectivity index (χ4v) is 5.01. The molecule has 1 aromatic heterocycles. The highest BCUT2D eigenvalue weighted by Gasteiger charge is 2.40. The van der Waals surface area contributed by atoms with Crippen LogP contribution in [0.15, 0.2) is 6.07 Å². The summed E-state index contributed by atoms with van der Waals surface area (Å²) >= 11 is 8.04. The van der Waals surface area contributed by atoms with Crippen LogP contribution < -0.4 is 0 Å². The maximum Gasteiger partial charge on any atom is 0.0934 e. The molecule has 2 aliphatic rings. The Bertz CT molecular complexity index is 396. The van der Waals surface area contributed by atoms with Crippen LogP contribution in [0.25, 0.3) is 0 Å². The molecule has 1 aliphatic carbocycles. The highest BCUT2D eigenvalue weighted by Crippen LogP contribution is 2.48. The maximum atomic E-state index is 6.20. The molecule has 1 aliphatic heterocycles. The summed E-state index contributed by atoms with van der Waals surface area (Å²) < 4.78 is 0.977. The van der Waals surface area contributed by atoms with Crippen molar-refractivity contribution >= 4 is 35.3 Å². The zero-order valence-electron chi connectivity index (χ0n) is 10.2. The van der Waals surface area contributed by atoms with Gasteiger partial charge in [-0.2, -0.15) is 0 Å². The van der Waals surface area contributed by atoms with E-state index in [0.29, 0.717) is 5.41 Å². The van der Waals surface area contributed by atoms with Crippen molar-refractivity contribution < 1.29 is 0 Å². The summed E-state index contributed by atoms with van der Waals surface area (Å²) in [4.78, 5) is 4.08. The lowest BCUT2D eigenvalue weighted by atomic mass is 9.70. The molecule has 0 saturated heterocycles. The molecule has 0 N–H and O–H groups in total. The van der Waals surface area contributed by atoms with E-state index < -0.39 is 0 Å². The molecule has 0 atom stereocenters. The number of thiophene rings is 1. The Morgan fingerprint density at radius 3 is 2.71 bits per heavy atom. The van der Waals surface area contributed by atoms with Crippen LogP contribution in [0.5, 0.6) is 0 Å². The van der Waals surface area contributed by atoms with Crippen molar-refractivity contribution in [2.75, 3.05) is 13.6 Å². The molecule has 1 spiro atoms. The number of fused-ring (bicyclic) bond motifs is 2. The van der Waals surface area contributed by atoms with E-state index in [0.717, 1.165) is 10.9 Å². The second-order valence-electron chi connectivity index (χ2n) is 5.42. The largest absolute Gasteiger partial charge is 0.301 e. The Hall–Kier alpha value is 0.240. The van der Waals surface area contributed by atoms with Crippen molar-refractivity contribution in [3.8, 4) is 0 Å². The minimum absolute atomic E-state index is 0. The summed E-state index contributed by atoms with van der Waals surface area (Å²) in [6.45, 7) is 2.32. The number of nitrogens with zero attached hydrogens (tertiary/aromatic N) is 1. The van der Waals surface area contributed by atoms with Gasteiger partial charge in [0.05, 0.1) is 4.34 Å². The quantitative estimate of drug-likeness (QED) is 0.682. The van der Waals surface area contributed by atoms with Gasteiger partial charge in [-0.3, -0.25) is 0 Å². The van der Waals surface area contributed by atoms with Crippen molar-refractivity contribution in [1.82, 2.24) is 4.90 Å². The normalized spacial score (nSPS) is 23.2. The van der Waals surface area contributed by atoms with E-state index in [1.165, 1.54) is 44.2 Å². The van der Waals surface area contributed by atoms with Crippen LogP contribution in [0.3, 0.4) is 0 Å². The first-order valence-corrected chi connectivity index (χ1v) is 7.36. The minimum atomic E-state index is 0. The molecular formula is C13H19Cl2NS. The molecule has 4 heteroatoms. The van der Waals surface area contributed by atoms with E-state index in [2.05, 4.69) is 18.0 Å². The SMILES string of the molecule is CN1Cc2cc(Cl)sc2C2(CCCCC2)C1.Cl. The number of likely N-dealkylation sites (N-methyl/N-ethyl adjacent to an activating group) is 1. The molecule has 0 aromatic carbocycles. The second-order valence-corrected chi connectivity index (χ2v) is 7.10. The van der Waals surface area contributed by atoms with Gasteiger partial charge in [-0.1, -0.05) is 30.9 Å². The standard InChI is InChI=1S/C13H18ClNS.ClH/c1-15-8-10-7-11(14)16-12(10)13(9-15)5-3-2-4-6-13;/h7H,2-6,8-9H2,1H3;1H. The van der Waals surface area contributed by atoms with Crippen LogP contribution in [-0.2, 0) is 12.0 Å². The van der Waals surface area contributed by atoms with Crippen molar-refractivity contribution in [3.05, 3.63) is 20.8 Å². The predicted octanol–water partition coefficient (Wildman–Crippen LogP) is 4.47. The predicted molar refractivity (Wildman–Crippen MR) is 77.7 cm³/mol. The molecular weight excluding hydrogens is 273 g/mol. The molecule has 0 amide bonds. The third-order valence-corrected chi connectivity index (χ3v) is 5.64. The number of hydrogen-bond acceptors (Lipinski definition) is 2. The molecule has 1 nitrogen and oxygen atoms in total. The first-order valence-electron chi connectivity index (χ1n) is 6.17. The smallest absolute Gasteiger partial charge is 0.0934 e. The highest BCUT2D eigenvalue weighted by atomic mass is 35.5. The molecule has 1 aromatic rings. The summed E-state index contributed by atoms with van der Waals surface area (Å²) in [6.07, 6.45) is 6.92. The monoisotopic (exact) mass is 291 g/mol. The van der Waals surface area contributed by atoms with Gasteiger partial charge < -0.3 is 4.90 Å². The average Bonchev–Trinajstić information content (AvgIpc) is 2.60. The highest BCUT2D eigenvalue weighted by molar-refractivity contribution is 7.16. The third kappa shape index (κ3) is 2.37. The molecule has 17 heavy (non-hydrogen) atoms. The van der Waals surface area contributed by atoms with Gasteiger partial charge in [0, 0.05) is 23.4 Å². The maximum absolute atomic E-state index is 6.20. The van der Waals surface area contributed by atoms with Gasteiger partial charge in [-0.15, -0.1) is 23.7 Å². The molecule has 0 radical (unpaired) electrons. The van der Waals surface area contributed by atoms with Crippen LogP contribution in [0.4, 0.5) is 0 Å². The van der Waals surface area contributed by atoms with E-state index in [-0.39, 0.29) is 12.4 Å². The zero-order valence-corrected chi connectivity index (χ0v) is 12.6. The molecule has 2 heterocycles. The van der Waals surface area contributed by atoms with Gasteiger partial charge in [-0.05, 0) is 31.5 Å². The molecule has 3 rings (SSSR count). The molecule has 96 valence electrons. The van der Waals surface area contributed by atoms with Gasteiger partial charge in [0.15, 0.2) is 0 Å². The lowest BCUT2D eigenvalue weighted by molar-refractivity contribution is 0.171. The van der Waals surface area contributed by atoms with E-state index in [9.17, 15) is 0 Å². The average molecular weight is 292 g/mol. The lowest BCUT2D eigenvalue weighted by Crippen LogP contribution is -2.44. The Balaban J connectivity index is 0.00000108. The van der Waals surface area contributed by atoms with Crippen molar-refractivity contribution in [3.63, 3.8) is 0 Å². The van der Waals surface area contributed by atoms with Gasteiger partial charge in [0.2, 0.25) is 0 Å². The first kappa shape index (κ1) is 13.7. The van der Waals surface area contributed by atoms with Gasteiger partial charge in [0.25, 0.3) is 0 Å². The molecule has 0 unspecified atom stereocenters. The van der Waals surface area contributed by atoms with E-state index in [1.807, 2.05) is 11.3 Å². The minimum Gasteiger partial charge on any atom is -0.301 e. The number of halogens is 2. The summed E-state index contributed by atoms with van der Waals surface area (Å²) in [6, 6.07) is 2.19. The fourth-order valence-electron chi connectivity index (χ4n) is 3.51. The summed E-state index contributed by atoms with van der Waals surface area (Å²) in [5.41, 5.74) is 1.93. The van der Waals surface area contributed by atoms with E-state index in [4.69, 9.17) is 11.6 Å². The Labute approximate surface area is 119 Å². The van der Waals surface area contributed by atoms with Crippen LogP contribution in [0, 0.1) is 0 Å². The van der Waals surface area contributed by atoms with Crippen molar-refractivity contribution in [1.29, 1.82) is 0 Å². The van der Waals surface area contributed by atoms with Crippen LogP contribution in [0.2, 0.25) is 4.34 Å². The first-order chi connectivity index (χ1) is 7.70. The van der Waals surface area contributed by atoms with E-state index in [1.54, 1.807) is 4.88 Å². The second kappa shape index (κ2) is 5.08. The lowest BCUT2D eigenvalue weighted by Gasteiger charge is -2.43. The fraction of sp³-hybridized carbons (Fsp3) is 0.692. The van der Waals surface area contributed by atoms with Crippen LogP contribution in [0.1, 0.15) is 42.5 Å². The number of rotatable bonds is 0. The number of hydrogen-bond donors (Lipinski definition) is 0. The third-order valence-electron chi connectivity index (χ3n) is 4.08. The Morgan fingerprint density at radius 2 is 2.00 bits per heavy atom. The summed E-state index contributed by atoms with van der Waals surface area (Å²) in [7, 11) is 2.24. The van der Waals surface area contributed by atoms with Crippen LogP contribution in [-0.4, -0.2) is 18.5 Å². The Kier molecular flexibility index (Phi) is 4.09. The topological polar surface area (TPSA) is 3.24 Å². The van der Waals surface area contributed by atoms with Gasteiger partial charge in [-0.25, -0.2) is 0 Å². The molecule has 1 saturated carbocycles. The van der Waals surface area contributed by atoms with Gasteiger partial charge >= 0.3 is 0 Å². The zero-order chi connectivity index (χ0) is 11.2. The Morgan fingerprint density at radius 1 is 1.29 bits per heavy atom. The van der Waals surface area contributed by atoms with E-state index >= 15 is 0 Å². The molecule has 0 bridgehead atoms.